The van der Waals surface area contributed by atoms with Crippen molar-refractivity contribution in [2.45, 2.75) is 32.6 Å². The molecule has 2 fully saturated rings. The number of amides is 2. The van der Waals surface area contributed by atoms with E-state index in [0.717, 1.165) is 37.1 Å². The Hall–Kier alpha value is -2.48. The van der Waals surface area contributed by atoms with Crippen LogP contribution in [-0.2, 0) is 9.53 Å². The normalized spacial score (nSPS) is 23.0. The molecule has 4 heterocycles. The number of aryl methyl sites for hydroxylation is 1. The zero-order valence-corrected chi connectivity index (χ0v) is 16.6. The van der Waals surface area contributed by atoms with Gasteiger partial charge in [-0.1, -0.05) is 0 Å². The molecule has 2 aliphatic heterocycles. The van der Waals surface area contributed by atoms with Crippen LogP contribution in [0.5, 0.6) is 0 Å². The fourth-order valence-corrected chi connectivity index (χ4v) is 4.59. The van der Waals surface area contributed by atoms with Crippen LogP contribution in [0.25, 0.3) is 5.65 Å². The van der Waals surface area contributed by atoms with Crippen molar-refractivity contribution in [1.82, 2.24) is 24.4 Å². The van der Waals surface area contributed by atoms with Crippen LogP contribution in [-0.4, -0.2) is 76.1 Å². The highest BCUT2D eigenvalue weighted by atomic mass is 16.5. The fourth-order valence-electron chi connectivity index (χ4n) is 4.59. The summed E-state index contributed by atoms with van der Waals surface area (Å²) < 4.78 is 6.86. The SMILES string of the molecule is COCCN1CC2(CCCN(C(=O)c3cnc4ccnn4c3C)C2)CCC1=O. The van der Waals surface area contributed by atoms with Crippen molar-refractivity contribution in [1.29, 1.82) is 0 Å². The molecule has 8 nitrogen and oxygen atoms in total. The van der Waals surface area contributed by atoms with Crippen LogP contribution in [0.2, 0.25) is 0 Å². The van der Waals surface area contributed by atoms with E-state index in [0.29, 0.717) is 38.2 Å². The van der Waals surface area contributed by atoms with Gasteiger partial charge in [0.25, 0.3) is 5.91 Å². The van der Waals surface area contributed by atoms with Gasteiger partial charge >= 0.3 is 0 Å². The Morgan fingerprint density at radius 1 is 1.32 bits per heavy atom. The van der Waals surface area contributed by atoms with E-state index in [-0.39, 0.29) is 17.2 Å². The number of piperidine rings is 2. The fraction of sp³-hybridized carbons (Fsp3) is 0.600. The summed E-state index contributed by atoms with van der Waals surface area (Å²) in [6, 6.07) is 1.82. The van der Waals surface area contributed by atoms with Crippen LogP contribution in [0.15, 0.2) is 18.5 Å². The molecule has 2 aliphatic rings. The summed E-state index contributed by atoms with van der Waals surface area (Å²) in [5.41, 5.74) is 2.12. The number of aromatic nitrogens is 3. The number of likely N-dealkylation sites (tertiary alicyclic amines) is 2. The monoisotopic (exact) mass is 385 g/mol. The third kappa shape index (κ3) is 3.37. The van der Waals surface area contributed by atoms with E-state index >= 15 is 0 Å². The van der Waals surface area contributed by atoms with Gasteiger partial charge in [0.05, 0.1) is 24.1 Å². The minimum Gasteiger partial charge on any atom is -0.383 e. The maximum atomic E-state index is 13.3. The summed E-state index contributed by atoms with van der Waals surface area (Å²) in [6.07, 6.45) is 6.73. The third-order valence-corrected chi connectivity index (χ3v) is 6.15. The lowest BCUT2D eigenvalue weighted by Gasteiger charge is -2.48. The van der Waals surface area contributed by atoms with Gasteiger partial charge in [-0.05, 0) is 26.2 Å². The largest absolute Gasteiger partial charge is 0.383 e. The molecule has 28 heavy (non-hydrogen) atoms. The maximum absolute atomic E-state index is 13.3. The molecule has 2 saturated heterocycles. The summed E-state index contributed by atoms with van der Waals surface area (Å²) in [5.74, 6) is 0.192. The summed E-state index contributed by atoms with van der Waals surface area (Å²) >= 11 is 0. The summed E-state index contributed by atoms with van der Waals surface area (Å²) in [7, 11) is 1.65. The predicted molar refractivity (Wildman–Crippen MR) is 103 cm³/mol. The van der Waals surface area contributed by atoms with Gasteiger partial charge in [0, 0.05) is 57.4 Å². The lowest BCUT2D eigenvalue weighted by atomic mass is 9.73. The number of fused-ring (bicyclic) bond motifs is 1. The molecule has 0 aliphatic carbocycles. The Balaban J connectivity index is 1.53. The standard InChI is InChI=1S/C20H27N5O3/c1-15-16(12-21-17-5-8-22-25(15)17)19(27)24-9-3-6-20(14-24)7-4-18(26)23(13-20)10-11-28-2/h5,8,12H,3-4,6-7,9-11,13-14H2,1-2H3. The van der Waals surface area contributed by atoms with E-state index < -0.39 is 0 Å². The van der Waals surface area contributed by atoms with E-state index in [4.69, 9.17) is 4.74 Å². The van der Waals surface area contributed by atoms with Crippen molar-refractivity contribution in [3.8, 4) is 0 Å². The highest BCUT2D eigenvalue weighted by Gasteiger charge is 2.42. The van der Waals surface area contributed by atoms with Gasteiger partial charge in [0.1, 0.15) is 0 Å². The van der Waals surface area contributed by atoms with Crippen LogP contribution in [0.3, 0.4) is 0 Å². The second kappa shape index (κ2) is 7.50. The van der Waals surface area contributed by atoms with E-state index in [1.165, 1.54) is 0 Å². The van der Waals surface area contributed by atoms with E-state index in [1.54, 1.807) is 24.0 Å². The first-order valence-electron chi connectivity index (χ1n) is 9.88. The molecular weight excluding hydrogens is 358 g/mol. The Morgan fingerprint density at radius 2 is 2.18 bits per heavy atom. The zero-order chi connectivity index (χ0) is 19.7. The highest BCUT2D eigenvalue weighted by Crippen LogP contribution is 2.39. The number of methoxy groups -OCH3 is 1. The second-order valence-electron chi connectivity index (χ2n) is 8.00. The molecule has 1 unspecified atom stereocenters. The molecule has 2 amide bonds. The van der Waals surface area contributed by atoms with Gasteiger partial charge in [0.15, 0.2) is 5.65 Å². The quantitative estimate of drug-likeness (QED) is 0.797. The first-order chi connectivity index (χ1) is 13.5. The Kier molecular flexibility index (Phi) is 5.05. The molecule has 0 radical (unpaired) electrons. The zero-order valence-electron chi connectivity index (χ0n) is 16.6. The molecule has 8 heteroatoms. The van der Waals surface area contributed by atoms with Crippen LogP contribution in [0, 0.1) is 12.3 Å². The van der Waals surface area contributed by atoms with Crippen LogP contribution in [0.1, 0.15) is 41.7 Å². The average Bonchev–Trinajstić information content (AvgIpc) is 3.19. The minimum atomic E-state index is -0.0211. The first kappa shape index (κ1) is 18.9. The van der Waals surface area contributed by atoms with Crippen molar-refractivity contribution in [2.75, 3.05) is 39.9 Å². The van der Waals surface area contributed by atoms with Gasteiger partial charge in [0.2, 0.25) is 5.91 Å². The molecule has 150 valence electrons. The van der Waals surface area contributed by atoms with E-state index in [9.17, 15) is 9.59 Å². The molecule has 1 spiro atoms. The molecule has 0 saturated carbocycles. The smallest absolute Gasteiger partial charge is 0.257 e. The van der Waals surface area contributed by atoms with E-state index in [2.05, 4.69) is 10.1 Å². The van der Waals surface area contributed by atoms with Crippen LogP contribution >= 0.6 is 0 Å². The summed E-state index contributed by atoms with van der Waals surface area (Å²) in [6.45, 7) is 5.18. The van der Waals surface area contributed by atoms with Crippen molar-refractivity contribution in [3.05, 3.63) is 29.7 Å². The Morgan fingerprint density at radius 3 is 3.00 bits per heavy atom. The summed E-state index contributed by atoms with van der Waals surface area (Å²) in [4.78, 5) is 33.8. The van der Waals surface area contributed by atoms with Crippen LogP contribution in [0.4, 0.5) is 0 Å². The number of rotatable bonds is 4. The number of carbonyl (C=O) groups is 2. The number of hydrogen-bond acceptors (Lipinski definition) is 5. The van der Waals surface area contributed by atoms with Gasteiger partial charge in [-0.3, -0.25) is 9.59 Å². The third-order valence-electron chi connectivity index (χ3n) is 6.15. The molecule has 2 aromatic rings. The lowest BCUT2D eigenvalue weighted by Crippen LogP contribution is -2.55. The van der Waals surface area contributed by atoms with E-state index in [1.807, 2.05) is 22.8 Å². The van der Waals surface area contributed by atoms with Gasteiger partial charge in [-0.15, -0.1) is 0 Å². The molecule has 4 rings (SSSR count). The molecule has 0 N–H and O–H groups in total. The predicted octanol–water partition coefficient (Wildman–Crippen LogP) is 1.53. The minimum absolute atomic E-state index is 0.00168. The number of ether oxygens (including phenoxy) is 1. The second-order valence-corrected chi connectivity index (χ2v) is 8.00. The Bertz CT molecular complexity index is 895. The average molecular weight is 385 g/mol. The molecule has 2 aromatic heterocycles. The number of nitrogens with zero attached hydrogens (tertiary/aromatic N) is 5. The van der Waals surface area contributed by atoms with Crippen molar-refractivity contribution >= 4 is 17.5 Å². The van der Waals surface area contributed by atoms with Crippen molar-refractivity contribution < 1.29 is 14.3 Å². The first-order valence-corrected chi connectivity index (χ1v) is 9.88. The van der Waals surface area contributed by atoms with Crippen molar-refractivity contribution in [3.63, 3.8) is 0 Å². The summed E-state index contributed by atoms with van der Waals surface area (Å²) in [5, 5.41) is 4.26. The number of hydrogen-bond donors (Lipinski definition) is 0. The van der Waals surface area contributed by atoms with Gasteiger partial charge in [-0.2, -0.15) is 5.10 Å². The van der Waals surface area contributed by atoms with Crippen molar-refractivity contribution in [2.24, 2.45) is 5.41 Å². The molecule has 0 bridgehead atoms. The topological polar surface area (TPSA) is 80.0 Å². The maximum Gasteiger partial charge on any atom is 0.257 e. The van der Waals surface area contributed by atoms with Crippen LogP contribution < -0.4 is 0 Å². The number of carbonyl (C=O) groups excluding carboxylic acids is 2. The highest BCUT2D eigenvalue weighted by molar-refractivity contribution is 5.95. The molecular formula is C20H27N5O3. The molecule has 0 aromatic carbocycles. The lowest BCUT2D eigenvalue weighted by molar-refractivity contribution is -0.139. The Labute approximate surface area is 164 Å². The van der Waals surface area contributed by atoms with Gasteiger partial charge in [-0.25, -0.2) is 9.50 Å². The van der Waals surface area contributed by atoms with Gasteiger partial charge < -0.3 is 14.5 Å². The molecule has 1 atom stereocenters.